The third-order valence-electron chi connectivity index (χ3n) is 3.00. The van der Waals surface area contributed by atoms with Gasteiger partial charge in [0.2, 0.25) is 0 Å². The van der Waals surface area contributed by atoms with E-state index in [1.807, 2.05) is 0 Å². The van der Waals surface area contributed by atoms with Crippen molar-refractivity contribution in [1.29, 1.82) is 0 Å². The molecule has 0 saturated heterocycles. The van der Waals surface area contributed by atoms with Gasteiger partial charge < -0.3 is 19.7 Å². The number of pyridine rings is 1. The first-order valence-corrected chi connectivity index (χ1v) is 5.96. The molecule has 0 saturated carbocycles. The molecule has 0 aliphatic heterocycles. The van der Waals surface area contributed by atoms with E-state index in [1.54, 1.807) is 19.1 Å². The maximum Gasteiger partial charge on any atom is 0.356 e. The van der Waals surface area contributed by atoms with Gasteiger partial charge in [-0.25, -0.2) is 9.78 Å². The van der Waals surface area contributed by atoms with Gasteiger partial charge in [0.1, 0.15) is 17.0 Å². The van der Waals surface area contributed by atoms with Crippen molar-refractivity contribution in [2.45, 2.75) is 13.0 Å². The predicted molar refractivity (Wildman–Crippen MR) is 71.9 cm³/mol. The number of aliphatic hydroxyl groups is 1. The zero-order valence-corrected chi connectivity index (χ0v) is 11.4. The Bertz CT molecular complexity index is 666. The molecule has 2 aromatic rings. The van der Waals surface area contributed by atoms with Crippen molar-refractivity contribution in [3.8, 4) is 11.5 Å². The second kappa shape index (κ2) is 5.34. The van der Waals surface area contributed by atoms with Gasteiger partial charge in [0.05, 0.1) is 25.7 Å². The number of hydrogen-bond donors (Lipinski definition) is 2. The van der Waals surface area contributed by atoms with Gasteiger partial charge >= 0.3 is 5.97 Å². The summed E-state index contributed by atoms with van der Waals surface area (Å²) in [5, 5.41) is 20.2. The SMILES string of the molecule is COC(=O)c1cc(O)c2c(C(C)O)ccc(OC)c2n1. The van der Waals surface area contributed by atoms with Crippen molar-refractivity contribution >= 4 is 16.9 Å². The summed E-state index contributed by atoms with van der Waals surface area (Å²) in [5.74, 6) is -0.428. The fraction of sp³-hybridized carbons (Fsp3) is 0.286. The Balaban J connectivity index is 2.83. The van der Waals surface area contributed by atoms with E-state index >= 15 is 0 Å². The summed E-state index contributed by atoms with van der Waals surface area (Å²) in [5.41, 5.74) is 0.770. The molecule has 2 N–H and O–H groups in total. The molecule has 6 heteroatoms. The van der Waals surface area contributed by atoms with Crippen LogP contribution in [0.5, 0.6) is 11.5 Å². The summed E-state index contributed by atoms with van der Waals surface area (Å²) < 4.78 is 9.77. The minimum Gasteiger partial charge on any atom is -0.507 e. The lowest BCUT2D eigenvalue weighted by Crippen LogP contribution is -2.06. The van der Waals surface area contributed by atoms with E-state index in [0.717, 1.165) is 0 Å². The van der Waals surface area contributed by atoms with Crippen LogP contribution >= 0.6 is 0 Å². The molecule has 6 nitrogen and oxygen atoms in total. The smallest absolute Gasteiger partial charge is 0.356 e. The molecule has 0 spiro atoms. The molecule has 20 heavy (non-hydrogen) atoms. The lowest BCUT2D eigenvalue weighted by molar-refractivity contribution is 0.0594. The highest BCUT2D eigenvalue weighted by Gasteiger charge is 2.19. The second-order valence-electron chi connectivity index (χ2n) is 4.27. The molecule has 1 unspecified atom stereocenters. The highest BCUT2D eigenvalue weighted by Crippen LogP contribution is 2.36. The molecule has 1 aromatic heterocycles. The van der Waals surface area contributed by atoms with Gasteiger partial charge in [0, 0.05) is 6.07 Å². The van der Waals surface area contributed by atoms with Crippen LogP contribution in [0.2, 0.25) is 0 Å². The minimum atomic E-state index is -0.792. The molecular weight excluding hydrogens is 262 g/mol. The number of ether oxygens (including phenoxy) is 2. The topological polar surface area (TPSA) is 88.9 Å². The fourth-order valence-electron chi connectivity index (χ4n) is 2.04. The quantitative estimate of drug-likeness (QED) is 0.831. The van der Waals surface area contributed by atoms with Crippen LogP contribution in [0.1, 0.15) is 29.1 Å². The Kier molecular flexibility index (Phi) is 3.76. The number of carbonyl (C=O) groups excluding carboxylic acids is 1. The molecular formula is C14H15NO5. The van der Waals surface area contributed by atoms with Crippen LogP contribution in [0.25, 0.3) is 10.9 Å². The van der Waals surface area contributed by atoms with Crippen LogP contribution < -0.4 is 4.74 Å². The largest absolute Gasteiger partial charge is 0.507 e. The van der Waals surface area contributed by atoms with Crippen molar-refractivity contribution in [1.82, 2.24) is 4.98 Å². The number of rotatable bonds is 3. The average Bonchev–Trinajstić information content (AvgIpc) is 2.44. The summed E-state index contributed by atoms with van der Waals surface area (Å²) >= 11 is 0. The number of carbonyl (C=O) groups is 1. The number of esters is 1. The third-order valence-corrected chi connectivity index (χ3v) is 3.00. The molecule has 1 aromatic carbocycles. The van der Waals surface area contributed by atoms with Crippen LogP contribution in [-0.4, -0.2) is 35.4 Å². The maximum atomic E-state index is 11.5. The summed E-state index contributed by atoms with van der Waals surface area (Å²) in [6.07, 6.45) is -0.792. The van der Waals surface area contributed by atoms with Crippen LogP contribution in [-0.2, 0) is 4.74 Å². The monoisotopic (exact) mass is 277 g/mol. The number of hydrogen-bond acceptors (Lipinski definition) is 6. The summed E-state index contributed by atoms with van der Waals surface area (Å²) in [7, 11) is 2.69. The van der Waals surface area contributed by atoms with E-state index in [-0.39, 0.29) is 11.4 Å². The maximum absolute atomic E-state index is 11.5. The molecule has 1 heterocycles. The summed E-state index contributed by atoms with van der Waals surface area (Å²) in [6, 6.07) is 4.47. The molecule has 0 aliphatic carbocycles. The number of fused-ring (bicyclic) bond motifs is 1. The number of methoxy groups -OCH3 is 2. The van der Waals surface area contributed by atoms with E-state index in [9.17, 15) is 15.0 Å². The number of aliphatic hydroxyl groups excluding tert-OH is 1. The molecule has 0 fully saturated rings. The fourth-order valence-corrected chi connectivity index (χ4v) is 2.04. The Morgan fingerprint density at radius 3 is 2.60 bits per heavy atom. The Labute approximate surface area is 115 Å². The standard InChI is InChI=1S/C14H15NO5/c1-7(16)8-4-5-11(19-2)13-12(8)10(17)6-9(15-13)14(18)20-3/h4-7,16H,1-3H3,(H,15,17). The Morgan fingerprint density at radius 1 is 1.35 bits per heavy atom. The number of aromatic nitrogens is 1. The van der Waals surface area contributed by atoms with E-state index in [1.165, 1.54) is 20.3 Å². The Hall–Kier alpha value is -2.34. The van der Waals surface area contributed by atoms with Crippen LogP contribution in [0, 0.1) is 0 Å². The molecule has 0 aliphatic rings. The van der Waals surface area contributed by atoms with Crippen molar-refractivity contribution in [3.63, 3.8) is 0 Å². The zero-order valence-electron chi connectivity index (χ0n) is 11.4. The molecule has 0 amide bonds. The number of aromatic hydroxyl groups is 1. The lowest BCUT2D eigenvalue weighted by Gasteiger charge is -2.14. The Morgan fingerprint density at radius 2 is 2.05 bits per heavy atom. The first-order valence-electron chi connectivity index (χ1n) is 5.96. The molecule has 2 rings (SSSR count). The molecule has 0 radical (unpaired) electrons. The first-order chi connectivity index (χ1) is 9.49. The summed E-state index contributed by atoms with van der Waals surface area (Å²) in [6.45, 7) is 1.58. The molecule has 1 atom stereocenters. The molecule has 0 bridgehead atoms. The molecule has 106 valence electrons. The van der Waals surface area contributed by atoms with Gasteiger partial charge in [-0.1, -0.05) is 6.07 Å². The van der Waals surface area contributed by atoms with Gasteiger partial charge in [0.15, 0.2) is 5.69 Å². The van der Waals surface area contributed by atoms with E-state index < -0.39 is 12.1 Å². The van der Waals surface area contributed by atoms with E-state index in [4.69, 9.17) is 4.74 Å². The normalized spacial score (nSPS) is 12.2. The van der Waals surface area contributed by atoms with Gasteiger partial charge in [-0.05, 0) is 18.6 Å². The van der Waals surface area contributed by atoms with E-state index in [0.29, 0.717) is 22.2 Å². The van der Waals surface area contributed by atoms with Crippen molar-refractivity contribution in [3.05, 3.63) is 29.5 Å². The third kappa shape index (κ3) is 2.25. The van der Waals surface area contributed by atoms with Gasteiger partial charge in [-0.3, -0.25) is 0 Å². The number of benzene rings is 1. The average molecular weight is 277 g/mol. The van der Waals surface area contributed by atoms with Crippen LogP contribution in [0.15, 0.2) is 18.2 Å². The summed E-state index contributed by atoms with van der Waals surface area (Å²) in [4.78, 5) is 15.7. The second-order valence-corrected chi connectivity index (χ2v) is 4.27. The van der Waals surface area contributed by atoms with Crippen molar-refractivity contribution in [2.75, 3.05) is 14.2 Å². The van der Waals surface area contributed by atoms with Crippen LogP contribution in [0.3, 0.4) is 0 Å². The lowest BCUT2D eigenvalue weighted by atomic mass is 10.0. The van der Waals surface area contributed by atoms with Crippen molar-refractivity contribution in [2.24, 2.45) is 0 Å². The van der Waals surface area contributed by atoms with Crippen molar-refractivity contribution < 1.29 is 24.5 Å². The van der Waals surface area contributed by atoms with Gasteiger partial charge in [-0.2, -0.15) is 0 Å². The highest BCUT2D eigenvalue weighted by atomic mass is 16.5. The first kappa shape index (κ1) is 14.1. The highest BCUT2D eigenvalue weighted by molar-refractivity contribution is 5.97. The van der Waals surface area contributed by atoms with Gasteiger partial charge in [-0.15, -0.1) is 0 Å². The van der Waals surface area contributed by atoms with E-state index in [2.05, 4.69) is 9.72 Å². The zero-order chi connectivity index (χ0) is 14.9. The van der Waals surface area contributed by atoms with Crippen LogP contribution in [0.4, 0.5) is 0 Å². The van der Waals surface area contributed by atoms with Gasteiger partial charge in [0.25, 0.3) is 0 Å². The number of nitrogens with zero attached hydrogens (tertiary/aromatic N) is 1. The predicted octanol–water partition coefficient (Wildman–Crippen LogP) is 1.79. The minimum absolute atomic E-state index is 0.0291.